The van der Waals surface area contributed by atoms with E-state index in [1.807, 2.05) is 42.5 Å². The average Bonchev–Trinajstić information content (AvgIpc) is 3.60. The molecule has 16 nitrogen and oxygen atoms in total. The first-order chi connectivity index (χ1) is 28.9. The van der Waals surface area contributed by atoms with Gasteiger partial charge in [0, 0.05) is 48.9 Å². The molecule has 0 unspecified atom stereocenters. The zero-order valence-electron chi connectivity index (χ0n) is 34.7. The molecule has 0 fully saturated rings. The number of hydrogen-bond acceptors (Lipinski definition) is 9. The van der Waals surface area contributed by atoms with Crippen LogP contribution in [-0.2, 0) is 45.2 Å². The Labute approximate surface area is 349 Å². The topological polar surface area (TPSA) is 237 Å². The number of urea groups is 1. The molecule has 0 bridgehead atoms. The Balaban J connectivity index is 1.13. The average molecular weight is 821 g/mol. The van der Waals surface area contributed by atoms with Crippen molar-refractivity contribution in [2.75, 3.05) is 17.6 Å². The zero-order chi connectivity index (χ0) is 43.2. The number of alkyl carbamates (subject to hydrolysis) is 1. The lowest BCUT2D eigenvalue weighted by molar-refractivity contribution is -0.132. The van der Waals surface area contributed by atoms with Gasteiger partial charge in [-0.15, -0.1) is 0 Å². The van der Waals surface area contributed by atoms with Crippen molar-refractivity contribution in [1.82, 2.24) is 36.0 Å². The summed E-state index contributed by atoms with van der Waals surface area (Å²) in [6.45, 7) is 8.70. The molecule has 3 aromatic carbocycles. The fraction of sp³-hybridized carbons (Fsp3) is 0.386. The summed E-state index contributed by atoms with van der Waals surface area (Å²) in [5.74, 6) is -1.06. The van der Waals surface area contributed by atoms with E-state index < -0.39 is 36.0 Å². The van der Waals surface area contributed by atoms with Crippen molar-refractivity contribution in [2.24, 2.45) is 11.7 Å². The number of amides is 6. The highest BCUT2D eigenvalue weighted by atomic mass is 16.5. The van der Waals surface area contributed by atoms with Gasteiger partial charge in [0.15, 0.2) is 5.82 Å². The SMILES string of the molecule is CCCCn1nc2c(N)nc3ccccc3c2c1Cc1ccc(CNC(=O)OCc2ccc(NC(=O)[C@H](CCCNC(N)=O)NC(=O)[C@@H](NC(=O)CC)C(C)C)cc2)cc1. The standard InChI is InChI=1S/C44H56N10O6/c1-5-7-23-54-35(37-32-11-8-9-12-33(32)50-40(45)39(37)53-54)24-28-14-16-29(17-15-28)25-48-44(59)60-26-30-18-20-31(21-19-30)49-41(56)34(13-10-22-47-43(46)58)51-42(57)38(27(3)4)52-36(55)6-2/h8-9,11-12,14-21,27,34,38H,5-7,10,13,22-26H2,1-4H3,(H2,45,50)(H,48,59)(H,49,56)(H,51,57)(H,52,55)(H3,46,47,58)/t34-,38-/m0/s1. The molecule has 0 aliphatic rings. The van der Waals surface area contributed by atoms with Gasteiger partial charge in [-0.3, -0.25) is 19.1 Å². The number of para-hydroxylation sites is 1. The summed E-state index contributed by atoms with van der Waals surface area (Å²) in [5, 5.41) is 20.5. The number of nitrogen functional groups attached to an aromatic ring is 1. The van der Waals surface area contributed by atoms with Gasteiger partial charge in [0.25, 0.3) is 0 Å². The highest BCUT2D eigenvalue weighted by molar-refractivity contribution is 6.09. The number of carbonyl (C=O) groups is 5. The molecule has 9 N–H and O–H groups in total. The first-order valence-corrected chi connectivity index (χ1v) is 20.4. The smallest absolute Gasteiger partial charge is 0.407 e. The molecule has 0 saturated carbocycles. The van der Waals surface area contributed by atoms with Gasteiger partial charge in [-0.05, 0) is 60.1 Å². The van der Waals surface area contributed by atoms with Crippen molar-refractivity contribution < 1.29 is 28.7 Å². The number of hydrogen-bond donors (Lipinski definition) is 7. The van der Waals surface area contributed by atoms with Crippen LogP contribution in [-0.4, -0.2) is 63.2 Å². The van der Waals surface area contributed by atoms with Crippen LogP contribution in [0.5, 0.6) is 0 Å². The van der Waals surface area contributed by atoms with Gasteiger partial charge in [-0.2, -0.15) is 5.10 Å². The molecule has 0 radical (unpaired) electrons. The van der Waals surface area contributed by atoms with Crippen molar-refractivity contribution in [3.8, 4) is 0 Å². The molecular weight excluding hydrogens is 765 g/mol. The van der Waals surface area contributed by atoms with E-state index in [4.69, 9.17) is 21.3 Å². The van der Waals surface area contributed by atoms with Crippen LogP contribution in [0.15, 0.2) is 72.8 Å². The molecule has 6 amide bonds. The number of nitrogens with two attached hydrogens (primary N) is 2. The van der Waals surface area contributed by atoms with Crippen molar-refractivity contribution in [1.29, 1.82) is 0 Å². The van der Waals surface area contributed by atoms with Gasteiger partial charge < -0.3 is 42.8 Å². The third kappa shape index (κ3) is 12.2. The number of aromatic nitrogens is 3. The van der Waals surface area contributed by atoms with Gasteiger partial charge in [-0.1, -0.05) is 88.7 Å². The fourth-order valence-corrected chi connectivity index (χ4v) is 6.71. The summed E-state index contributed by atoms with van der Waals surface area (Å²) in [6, 6.07) is 20.3. The van der Waals surface area contributed by atoms with E-state index in [0.29, 0.717) is 35.4 Å². The second-order valence-corrected chi connectivity index (χ2v) is 15.0. The number of carbonyl (C=O) groups excluding carboxylic acids is 5. The molecule has 5 rings (SSSR count). The molecule has 2 atom stereocenters. The third-order valence-corrected chi connectivity index (χ3v) is 10.0. The molecule has 60 heavy (non-hydrogen) atoms. The third-order valence-electron chi connectivity index (χ3n) is 10.0. The minimum Gasteiger partial charge on any atom is -0.445 e. The minimum absolute atomic E-state index is 0.000991. The number of fused-ring (bicyclic) bond motifs is 3. The number of anilines is 2. The highest BCUT2D eigenvalue weighted by Crippen LogP contribution is 2.32. The second-order valence-electron chi connectivity index (χ2n) is 15.0. The van der Waals surface area contributed by atoms with Crippen molar-refractivity contribution >= 4 is 63.2 Å². The number of benzene rings is 3. The van der Waals surface area contributed by atoms with E-state index in [2.05, 4.69) is 49.2 Å². The quantitative estimate of drug-likeness (QED) is 0.0497. The summed E-state index contributed by atoms with van der Waals surface area (Å²) >= 11 is 0. The molecule has 318 valence electrons. The van der Waals surface area contributed by atoms with E-state index in [9.17, 15) is 24.0 Å². The normalized spacial score (nSPS) is 12.2. The molecule has 0 saturated heterocycles. The van der Waals surface area contributed by atoms with Gasteiger partial charge in [0.2, 0.25) is 17.7 Å². The van der Waals surface area contributed by atoms with Gasteiger partial charge in [-0.25, -0.2) is 14.6 Å². The van der Waals surface area contributed by atoms with Crippen molar-refractivity contribution in [3.63, 3.8) is 0 Å². The second kappa shape index (κ2) is 21.3. The maximum atomic E-state index is 13.4. The molecule has 16 heteroatoms. The molecular formula is C44H56N10O6. The summed E-state index contributed by atoms with van der Waals surface area (Å²) < 4.78 is 7.51. The van der Waals surface area contributed by atoms with Crippen LogP contribution in [0, 0.1) is 5.92 Å². The lowest BCUT2D eigenvalue weighted by Gasteiger charge is -2.25. The maximum Gasteiger partial charge on any atom is 0.407 e. The number of aryl methyl sites for hydroxylation is 1. The maximum absolute atomic E-state index is 13.4. The number of unbranched alkanes of at least 4 members (excludes halogenated alkanes) is 1. The molecule has 5 aromatic rings. The van der Waals surface area contributed by atoms with Crippen LogP contribution in [0.25, 0.3) is 21.8 Å². The van der Waals surface area contributed by atoms with Crippen LogP contribution in [0.3, 0.4) is 0 Å². The Bertz CT molecular complexity index is 2270. The van der Waals surface area contributed by atoms with Crippen molar-refractivity contribution in [2.45, 2.75) is 98.0 Å². The molecule has 2 aromatic heterocycles. The van der Waals surface area contributed by atoms with E-state index in [1.165, 1.54) is 0 Å². The van der Waals surface area contributed by atoms with Crippen LogP contribution in [0.1, 0.15) is 82.2 Å². The van der Waals surface area contributed by atoms with Gasteiger partial charge in [0.1, 0.15) is 24.2 Å². The van der Waals surface area contributed by atoms with Crippen LogP contribution < -0.4 is 38.1 Å². The Kier molecular flexibility index (Phi) is 15.8. The molecule has 0 aliphatic carbocycles. The van der Waals surface area contributed by atoms with Gasteiger partial charge in [0.05, 0.1) is 11.2 Å². The van der Waals surface area contributed by atoms with E-state index >= 15 is 0 Å². The predicted octanol–water partition coefficient (Wildman–Crippen LogP) is 5.41. The van der Waals surface area contributed by atoms with Crippen LogP contribution in [0.2, 0.25) is 0 Å². The van der Waals surface area contributed by atoms with Crippen molar-refractivity contribution in [3.05, 3.63) is 95.2 Å². The summed E-state index contributed by atoms with van der Waals surface area (Å²) in [5.41, 5.74) is 17.3. The Hall–Kier alpha value is -6.71. The monoisotopic (exact) mass is 820 g/mol. The molecule has 0 aliphatic heterocycles. The summed E-state index contributed by atoms with van der Waals surface area (Å²) in [6.07, 6.45) is 2.86. The summed E-state index contributed by atoms with van der Waals surface area (Å²) in [4.78, 5) is 66.9. The lowest BCUT2D eigenvalue weighted by atomic mass is 10.0. The number of ether oxygens (including phenoxy) is 1. The zero-order valence-corrected chi connectivity index (χ0v) is 34.7. The van der Waals surface area contributed by atoms with Crippen LogP contribution >= 0.6 is 0 Å². The summed E-state index contributed by atoms with van der Waals surface area (Å²) in [7, 11) is 0. The van der Waals surface area contributed by atoms with Crippen LogP contribution in [0.4, 0.5) is 21.1 Å². The fourth-order valence-electron chi connectivity index (χ4n) is 6.71. The first-order valence-electron chi connectivity index (χ1n) is 20.4. The molecule has 2 heterocycles. The Morgan fingerprint density at radius 2 is 1.53 bits per heavy atom. The largest absolute Gasteiger partial charge is 0.445 e. The molecule has 0 spiro atoms. The Morgan fingerprint density at radius 1 is 0.833 bits per heavy atom. The number of rotatable bonds is 20. The highest BCUT2D eigenvalue weighted by Gasteiger charge is 2.28. The van der Waals surface area contributed by atoms with E-state index in [0.717, 1.165) is 52.5 Å². The number of pyridine rings is 1. The minimum atomic E-state index is -0.964. The Morgan fingerprint density at radius 3 is 2.22 bits per heavy atom. The number of nitrogens with zero attached hydrogens (tertiary/aromatic N) is 3. The number of primary amides is 1. The van der Waals surface area contributed by atoms with E-state index in [1.54, 1.807) is 45.0 Å². The number of nitrogens with one attached hydrogen (secondary N) is 5. The predicted molar refractivity (Wildman–Crippen MR) is 232 cm³/mol. The lowest BCUT2D eigenvalue weighted by Crippen LogP contribution is -2.54. The first kappa shape index (κ1) is 44.4. The van der Waals surface area contributed by atoms with Gasteiger partial charge >= 0.3 is 12.1 Å². The van der Waals surface area contributed by atoms with E-state index in [-0.39, 0.29) is 44.4 Å².